The van der Waals surface area contributed by atoms with Gasteiger partial charge in [-0.3, -0.25) is 25.4 Å². The number of fused-ring (bicyclic) bond motifs is 2. The standard InChI is InChI=1S/C24H16FN5O2/c25-15-10-11-16-18(13-20(26-21(16)12-15)14-6-2-1-3-7-14)23(32)29-30-24-27-19-9-5-4-8-17(19)22(31)28-24/h1-13H,(H,29,32)(H2,27,28,30,31). The van der Waals surface area contributed by atoms with E-state index in [1.807, 2.05) is 30.3 Å². The zero-order valence-corrected chi connectivity index (χ0v) is 16.6. The van der Waals surface area contributed by atoms with Crippen LogP contribution in [-0.2, 0) is 0 Å². The second-order valence-electron chi connectivity index (χ2n) is 7.09. The van der Waals surface area contributed by atoms with E-state index in [0.29, 0.717) is 33.1 Å². The van der Waals surface area contributed by atoms with Gasteiger partial charge in [-0.15, -0.1) is 0 Å². The van der Waals surface area contributed by atoms with Crippen molar-refractivity contribution in [2.75, 3.05) is 5.43 Å². The molecule has 5 aromatic rings. The number of carbonyl (C=O) groups is 1. The number of aromatic amines is 1. The highest BCUT2D eigenvalue weighted by Crippen LogP contribution is 2.25. The minimum atomic E-state index is -0.489. The first kappa shape index (κ1) is 19.4. The summed E-state index contributed by atoms with van der Waals surface area (Å²) in [5.74, 6) is -0.843. The lowest BCUT2D eigenvalue weighted by molar-refractivity contribution is 0.0964. The van der Waals surface area contributed by atoms with Crippen LogP contribution >= 0.6 is 0 Å². The molecule has 32 heavy (non-hydrogen) atoms. The Kier molecular flexibility index (Phi) is 4.79. The first-order valence-corrected chi connectivity index (χ1v) is 9.80. The molecular weight excluding hydrogens is 409 g/mol. The van der Waals surface area contributed by atoms with Crippen molar-refractivity contribution in [2.24, 2.45) is 0 Å². The number of hydrazine groups is 1. The van der Waals surface area contributed by atoms with Gasteiger partial charge in [-0.1, -0.05) is 42.5 Å². The van der Waals surface area contributed by atoms with Crippen LogP contribution < -0.4 is 16.4 Å². The van der Waals surface area contributed by atoms with Crippen LogP contribution in [0.25, 0.3) is 33.1 Å². The number of benzene rings is 3. The van der Waals surface area contributed by atoms with Crippen molar-refractivity contribution >= 4 is 33.7 Å². The molecule has 0 unspecified atom stereocenters. The number of nitrogens with one attached hydrogen (secondary N) is 3. The zero-order valence-electron chi connectivity index (χ0n) is 16.6. The quantitative estimate of drug-likeness (QED) is 0.378. The third-order valence-corrected chi connectivity index (χ3v) is 4.99. The summed E-state index contributed by atoms with van der Waals surface area (Å²) < 4.78 is 13.8. The van der Waals surface area contributed by atoms with E-state index >= 15 is 0 Å². The summed E-state index contributed by atoms with van der Waals surface area (Å²) in [5, 5.41) is 0.935. The number of amides is 1. The largest absolute Gasteiger partial charge is 0.291 e. The molecule has 2 heterocycles. The number of hydrogen-bond donors (Lipinski definition) is 3. The molecule has 5 rings (SSSR count). The molecule has 0 aliphatic carbocycles. The van der Waals surface area contributed by atoms with E-state index in [2.05, 4.69) is 25.8 Å². The third-order valence-electron chi connectivity index (χ3n) is 4.99. The first-order valence-electron chi connectivity index (χ1n) is 9.80. The smallest absolute Gasteiger partial charge is 0.270 e. The number of aromatic nitrogens is 3. The van der Waals surface area contributed by atoms with Gasteiger partial charge in [-0.25, -0.2) is 14.4 Å². The molecule has 0 bridgehead atoms. The number of nitrogens with zero attached hydrogens (tertiary/aromatic N) is 2. The molecule has 0 spiro atoms. The Labute approximate surface area is 180 Å². The van der Waals surface area contributed by atoms with E-state index < -0.39 is 11.7 Å². The van der Waals surface area contributed by atoms with Crippen molar-refractivity contribution in [2.45, 2.75) is 0 Å². The van der Waals surface area contributed by atoms with Crippen molar-refractivity contribution in [1.82, 2.24) is 20.4 Å². The Morgan fingerprint density at radius 3 is 2.47 bits per heavy atom. The topological polar surface area (TPSA) is 99.8 Å². The predicted molar refractivity (Wildman–Crippen MR) is 121 cm³/mol. The van der Waals surface area contributed by atoms with Crippen LogP contribution in [0.1, 0.15) is 10.4 Å². The average Bonchev–Trinajstić information content (AvgIpc) is 2.82. The van der Waals surface area contributed by atoms with Gasteiger partial charge in [0.05, 0.1) is 27.7 Å². The zero-order chi connectivity index (χ0) is 22.1. The minimum absolute atomic E-state index is 0.0924. The third kappa shape index (κ3) is 3.65. The maximum atomic E-state index is 13.8. The van der Waals surface area contributed by atoms with E-state index in [0.717, 1.165) is 5.56 Å². The molecule has 2 aromatic heterocycles. The summed E-state index contributed by atoms with van der Waals surface area (Å²) in [6.07, 6.45) is 0. The van der Waals surface area contributed by atoms with Crippen molar-refractivity contribution in [3.63, 3.8) is 0 Å². The summed E-state index contributed by atoms with van der Waals surface area (Å²) in [6.45, 7) is 0. The van der Waals surface area contributed by atoms with E-state index in [9.17, 15) is 14.0 Å². The number of para-hydroxylation sites is 1. The van der Waals surface area contributed by atoms with Gasteiger partial charge in [0.2, 0.25) is 5.95 Å². The summed E-state index contributed by atoms with van der Waals surface area (Å²) in [7, 11) is 0. The normalized spacial score (nSPS) is 10.9. The lowest BCUT2D eigenvalue weighted by Gasteiger charge is -2.12. The van der Waals surface area contributed by atoms with Gasteiger partial charge in [0.15, 0.2) is 0 Å². The highest BCUT2D eigenvalue weighted by molar-refractivity contribution is 6.07. The summed E-state index contributed by atoms with van der Waals surface area (Å²) in [4.78, 5) is 36.7. The van der Waals surface area contributed by atoms with E-state index in [1.54, 1.807) is 30.3 Å². The molecule has 8 heteroatoms. The fourth-order valence-electron chi connectivity index (χ4n) is 3.48. The van der Waals surface area contributed by atoms with Gasteiger partial charge in [-0.05, 0) is 30.3 Å². The maximum absolute atomic E-state index is 13.8. The molecule has 1 amide bonds. The average molecular weight is 425 g/mol. The Bertz CT molecular complexity index is 1530. The Morgan fingerprint density at radius 1 is 0.844 bits per heavy atom. The lowest BCUT2D eigenvalue weighted by Crippen LogP contribution is -2.31. The SMILES string of the molecule is O=C(NNc1nc2ccccc2c(=O)[nH]1)c1cc(-c2ccccc2)nc2cc(F)ccc12. The van der Waals surface area contributed by atoms with Crippen LogP contribution in [-0.4, -0.2) is 20.9 Å². The number of hydrogen-bond acceptors (Lipinski definition) is 5. The Balaban J connectivity index is 1.51. The number of rotatable bonds is 4. The highest BCUT2D eigenvalue weighted by Gasteiger charge is 2.15. The van der Waals surface area contributed by atoms with Crippen LogP contribution in [0.4, 0.5) is 10.3 Å². The van der Waals surface area contributed by atoms with E-state index in [-0.39, 0.29) is 11.5 Å². The lowest BCUT2D eigenvalue weighted by atomic mass is 10.0. The maximum Gasteiger partial charge on any atom is 0.270 e. The van der Waals surface area contributed by atoms with Crippen LogP contribution in [0.5, 0.6) is 0 Å². The number of halogens is 1. The van der Waals surface area contributed by atoms with Gasteiger partial charge in [0.1, 0.15) is 5.82 Å². The second kappa shape index (κ2) is 7.92. The molecule has 0 radical (unpaired) electrons. The van der Waals surface area contributed by atoms with Crippen LogP contribution in [0.2, 0.25) is 0 Å². The van der Waals surface area contributed by atoms with Crippen molar-refractivity contribution < 1.29 is 9.18 Å². The second-order valence-corrected chi connectivity index (χ2v) is 7.09. The fraction of sp³-hybridized carbons (Fsp3) is 0. The number of H-pyrrole nitrogens is 1. The molecule has 3 N–H and O–H groups in total. The monoisotopic (exact) mass is 425 g/mol. The molecule has 0 aliphatic heterocycles. The number of anilines is 1. The van der Waals surface area contributed by atoms with E-state index in [1.165, 1.54) is 18.2 Å². The van der Waals surface area contributed by atoms with Gasteiger partial charge < -0.3 is 0 Å². The number of carbonyl (C=O) groups excluding carboxylic acids is 1. The van der Waals surface area contributed by atoms with Crippen LogP contribution in [0.15, 0.2) is 83.7 Å². The summed E-state index contributed by atoms with van der Waals surface area (Å²) in [5.41, 5.74) is 7.34. The number of pyridine rings is 1. The first-order chi connectivity index (χ1) is 15.6. The molecule has 3 aromatic carbocycles. The molecular formula is C24H16FN5O2. The van der Waals surface area contributed by atoms with E-state index in [4.69, 9.17) is 0 Å². The Morgan fingerprint density at radius 2 is 1.62 bits per heavy atom. The molecule has 7 nitrogen and oxygen atoms in total. The van der Waals surface area contributed by atoms with Crippen LogP contribution in [0, 0.1) is 5.82 Å². The summed E-state index contributed by atoms with van der Waals surface area (Å²) >= 11 is 0. The molecule has 0 fully saturated rings. The molecule has 0 aliphatic rings. The Hall–Kier alpha value is -4.59. The molecule has 156 valence electrons. The highest BCUT2D eigenvalue weighted by atomic mass is 19.1. The minimum Gasteiger partial charge on any atom is -0.291 e. The van der Waals surface area contributed by atoms with Crippen molar-refractivity contribution in [3.8, 4) is 11.3 Å². The van der Waals surface area contributed by atoms with Gasteiger partial charge in [0.25, 0.3) is 11.5 Å². The van der Waals surface area contributed by atoms with Crippen molar-refractivity contribution in [1.29, 1.82) is 0 Å². The predicted octanol–water partition coefficient (Wildman–Crippen LogP) is 4.03. The van der Waals surface area contributed by atoms with Gasteiger partial charge >= 0.3 is 0 Å². The molecule has 0 saturated carbocycles. The molecule has 0 saturated heterocycles. The summed E-state index contributed by atoms with van der Waals surface area (Å²) in [6, 6.07) is 21.9. The van der Waals surface area contributed by atoms with Gasteiger partial charge in [-0.2, -0.15) is 0 Å². The fourth-order valence-corrected chi connectivity index (χ4v) is 3.48. The molecule has 0 atom stereocenters. The van der Waals surface area contributed by atoms with Crippen molar-refractivity contribution in [3.05, 3.63) is 101 Å². The van der Waals surface area contributed by atoms with Crippen LogP contribution in [0.3, 0.4) is 0 Å². The van der Waals surface area contributed by atoms with Gasteiger partial charge in [0, 0.05) is 17.0 Å².